The highest BCUT2D eigenvalue weighted by Gasteiger charge is 2.47. The number of piperazine rings is 1. The molecule has 8 heteroatoms. The number of carbonyl (C=O) groups excluding carboxylic acids is 2. The van der Waals surface area contributed by atoms with Crippen molar-refractivity contribution in [2.24, 2.45) is 0 Å². The van der Waals surface area contributed by atoms with Crippen LogP contribution in [-0.4, -0.2) is 57.4 Å². The van der Waals surface area contributed by atoms with Crippen molar-refractivity contribution in [1.82, 2.24) is 0 Å². The van der Waals surface area contributed by atoms with Gasteiger partial charge in [0.2, 0.25) is 12.7 Å². The Morgan fingerprint density at radius 1 is 1.00 bits per heavy atom. The maximum atomic E-state index is 13.2. The summed E-state index contributed by atoms with van der Waals surface area (Å²) in [4.78, 5) is 30.0. The number of hydrogen-bond donors (Lipinski definition) is 2. The second-order valence-electron chi connectivity index (χ2n) is 8.94. The van der Waals surface area contributed by atoms with Crippen molar-refractivity contribution in [2.45, 2.75) is 32.4 Å². The molecule has 33 heavy (non-hydrogen) atoms. The van der Waals surface area contributed by atoms with E-state index in [0.717, 1.165) is 56.4 Å². The Morgan fingerprint density at radius 2 is 1.76 bits per heavy atom. The third-order valence-electron chi connectivity index (χ3n) is 6.70. The molecule has 0 aromatic heterocycles. The molecular weight excluding hydrogens is 422 g/mol. The Kier molecular flexibility index (Phi) is 6.20. The first-order valence-electron chi connectivity index (χ1n) is 11.8. The molecule has 2 amide bonds. The first-order chi connectivity index (χ1) is 16.1. The maximum absolute atomic E-state index is 13.2. The van der Waals surface area contributed by atoms with E-state index in [1.54, 1.807) is 12.1 Å². The van der Waals surface area contributed by atoms with E-state index < -0.39 is 0 Å². The van der Waals surface area contributed by atoms with E-state index >= 15 is 0 Å². The normalized spacial score (nSPS) is 24.4. The lowest BCUT2D eigenvalue weighted by Crippen LogP contribution is -3.29. The zero-order valence-corrected chi connectivity index (χ0v) is 19.0. The molecule has 1 atom stereocenters. The van der Waals surface area contributed by atoms with Gasteiger partial charge in [-0.1, -0.05) is 6.92 Å². The summed E-state index contributed by atoms with van der Waals surface area (Å²) in [6.07, 6.45) is 1.21. The predicted octanol–water partition coefficient (Wildman–Crippen LogP) is -0.180. The van der Waals surface area contributed by atoms with Gasteiger partial charge in [0, 0.05) is 5.56 Å². The first-order valence-corrected chi connectivity index (χ1v) is 11.8. The van der Waals surface area contributed by atoms with Gasteiger partial charge in [-0.05, 0) is 48.9 Å². The summed E-state index contributed by atoms with van der Waals surface area (Å²) in [7, 11) is 0. The van der Waals surface area contributed by atoms with Gasteiger partial charge >= 0.3 is 0 Å². The Balaban J connectivity index is 1.17. The molecule has 0 bridgehead atoms. The molecule has 0 saturated carbocycles. The second kappa shape index (κ2) is 9.41. The summed E-state index contributed by atoms with van der Waals surface area (Å²) in [6, 6.07) is 13.1. The largest absolute Gasteiger partial charge is 0.494 e. The molecule has 0 aliphatic carbocycles. The van der Waals surface area contributed by atoms with Crippen LogP contribution in [0.5, 0.6) is 17.2 Å². The van der Waals surface area contributed by atoms with Crippen LogP contribution in [-0.2, 0) is 16.1 Å². The number of ether oxygens (including phenoxy) is 3. The molecule has 3 aliphatic heterocycles. The van der Waals surface area contributed by atoms with E-state index in [1.165, 1.54) is 20.3 Å². The number of amides is 2. The van der Waals surface area contributed by atoms with E-state index in [-0.39, 0.29) is 31.1 Å². The molecule has 2 N–H and O–H groups in total. The number of fused-ring (bicyclic) bond motifs is 1. The summed E-state index contributed by atoms with van der Waals surface area (Å²) in [5, 5.41) is 0. The van der Waals surface area contributed by atoms with Crippen LogP contribution >= 0.6 is 0 Å². The van der Waals surface area contributed by atoms with Gasteiger partial charge in [-0.2, -0.15) is 0 Å². The third kappa shape index (κ3) is 4.54. The summed E-state index contributed by atoms with van der Waals surface area (Å²) in [5.41, 5.74) is 1.85. The molecule has 0 unspecified atom stereocenters. The lowest BCUT2D eigenvalue weighted by atomic mass is 10.1. The van der Waals surface area contributed by atoms with E-state index in [1.807, 2.05) is 18.2 Å². The highest BCUT2D eigenvalue weighted by atomic mass is 16.7. The number of nitrogens with zero attached hydrogens (tertiary/aromatic N) is 1. The van der Waals surface area contributed by atoms with Gasteiger partial charge in [0.25, 0.3) is 5.91 Å². The number of benzene rings is 2. The lowest BCUT2D eigenvalue weighted by Gasteiger charge is -2.32. The maximum Gasteiger partial charge on any atom is 0.292 e. The zero-order chi connectivity index (χ0) is 22.8. The fourth-order valence-corrected chi connectivity index (χ4v) is 4.92. The van der Waals surface area contributed by atoms with Crippen molar-refractivity contribution in [2.75, 3.05) is 44.5 Å². The van der Waals surface area contributed by atoms with E-state index in [2.05, 4.69) is 19.1 Å². The van der Waals surface area contributed by atoms with E-state index in [9.17, 15) is 9.59 Å². The first kappa shape index (κ1) is 21.7. The van der Waals surface area contributed by atoms with Gasteiger partial charge in [0.1, 0.15) is 38.5 Å². The minimum Gasteiger partial charge on any atom is -0.494 e. The van der Waals surface area contributed by atoms with Crippen molar-refractivity contribution in [1.29, 1.82) is 0 Å². The summed E-state index contributed by atoms with van der Waals surface area (Å²) < 4.78 is 16.5. The molecule has 2 aromatic rings. The average Bonchev–Trinajstić information content (AvgIpc) is 3.42. The minimum absolute atomic E-state index is 0.0866. The Labute approximate surface area is 193 Å². The minimum atomic E-state index is -0.291. The van der Waals surface area contributed by atoms with Crippen molar-refractivity contribution < 1.29 is 33.6 Å². The summed E-state index contributed by atoms with van der Waals surface area (Å²) in [6.45, 7) is 7.58. The van der Waals surface area contributed by atoms with E-state index in [0.29, 0.717) is 12.3 Å². The molecule has 2 saturated heterocycles. The number of quaternary nitrogens is 2. The number of rotatable bonds is 7. The molecule has 5 rings (SSSR count). The predicted molar refractivity (Wildman–Crippen MR) is 121 cm³/mol. The Hall–Kier alpha value is -3.10. The number of anilines is 1. The molecule has 0 radical (unpaired) electrons. The highest BCUT2D eigenvalue weighted by Crippen LogP contribution is 2.32. The van der Waals surface area contributed by atoms with Gasteiger partial charge in [-0.15, -0.1) is 0 Å². The van der Waals surface area contributed by atoms with Crippen LogP contribution in [0.15, 0.2) is 42.5 Å². The average molecular weight is 454 g/mol. The van der Waals surface area contributed by atoms with Crippen LogP contribution in [0.25, 0.3) is 0 Å². The highest BCUT2D eigenvalue weighted by molar-refractivity contribution is 6.21. The van der Waals surface area contributed by atoms with Crippen LogP contribution in [0, 0.1) is 0 Å². The van der Waals surface area contributed by atoms with Gasteiger partial charge in [-0.25, -0.2) is 4.90 Å². The van der Waals surface area contributed by atoms with Crippen LogP contribution in [0.4, 0.5) is 5.69 Å². The Morgan fingerprint density at radius 3 is 2.52 bits per heavy atom. The summed E-state index contributed by atoms with van der Waals surface area (Å²) >= 11 is 0. The van der Waals surface area contributed by atoms with Crippen molar-refractivity contribution in [3.63, 3.8) is 0 Å². The molecule has 3 heterocycles. The molecular formula is C25H31N3O5+2. The molecule has 2 aromatic carbocycles. The van der Waals surface area contributed by atoms with E-state index in [4.69, 9.17) is 14.2 Å². The van der Waals surface area contributed by atoms with Crippen LogP contribution in [0.3, 0.4) is 0 Å². The van der Waals surface area contributed by atoms with Crippen molar-refractivity contribution in [3.8, 4) is 17.2 Å². The van der Waals surface area contributed by atoms with Gasteiger partial charge in [0.05, 0.1) is 18.7 Å². The molecule has 8 nitrogen and oxygen atoms in total. The van der Waals surface area contributed by atoms with Crippen LogP contribution < -0.4 is 28.9 Å². The SMILES string of the molecule is CCCOc1ccc(N2C(=O)C[C@H]([NH+]3CC[NH+](Cc4ccc5c(c4)OCO5)CC3)C2=O)cc1. The fraction of sp³-hybridized carbons (Fsp3) is 0.440. The van der Waals surface area contributed by atoms with Crippen molar-refractivity contribution >= 4 is 17.5 Å². The number of imide groups is 1. The molecule has 0 spiro atoms. The zero-order valence-electron chi connectivity index (χ0n) is 19.0. The molecule has 3 aliphatic rings. The lowest BCUT2D eigenvalue weighted by molar-refractivity contribution is -1.02. The topological polar surface area (TPSA) is 73.9 Å². The summed E-state index contributed by atoms with van der Waals surface area (Å²) in [5.74, 6) is 2.17. The molecule has 174 valence electrons. The Bertz CT molecular complexity index is 1020. The number of nitrogens with one attached hydrogen (secondary N) is 2. The van der Waals surface area contributed by atoms with Crippen LogP contribution in [0.2, 0.25) is 0 Å². The third-order valence-corrected chi connectivity index (χ3v) is 6.70. The van der Waals surface area contributed by atoms with Crippen LogP contribution in [0.1, 0.15) is 25.3 Å². The fourth-order valence-electron chi connectivity index (χ4n) is 4.92. The number of hydrogen-bond acceptors (Lipinski definition) is 5. The quantitative estimate of drug-likeness (QED) is 0.569. The smallest absolute Gasteiger partial charge is 0.292 e. The van der Waals surface area contributed by atoms with Crippen molar-refractivity contribution in [3.05, 3.63) is 48.0 Å². The molecule has 2 fully saturated rings. The second-order valence-corrected chi connectivity index (χ2v) is 8.94. The monoisotopic (exact) mass is 453 g/mol. The number of carbonyl (C=O) groups is 2. The van der Waals surface area contributed by atoms with Gasteiger partial charge in [-0.3, -0.25) is 9.59 Å². The van der Waals surface area contributed by atoms with Gasteiger partial charge < -0.3 is 24.0 Å². The van der Waals surface area contributed by atoms with Gasteiger partial charge in [0.15, 0.2) is 17.5 Å². The standard InChI is InChI=1S/C25H29N3O5/c1-2-13-31-20-6-4-19(5-7-20)28-24(29)15-21(25(28)30)27-11-9-26(10-12-27)16-18-3-8-22-23(14-18)33-17-32-22/h3-8,14,21H,2,9-13,15-17H2,1H3/p+2/t21-/m0/s1.